The molecule has 0 saturated heterocycles. The van der Waals surface area contributed by atoms with Crippen LogP contribution in [-0.2, 0) is 16.6 Å². The van der Waals surface area contributed by atoms with Crippen molar-refractivity contribution in [2.24, 2.45) is 7.05 Å². The minimum absolute atomic E-state index is 0.0943. The number of nitrogens with one attached hydrogen (secondary N) is 1. The number of carboxylic acids is 2. The summed E-state index contributed by atoms with van der Waals surface area (Å²) < 4.78 is 9.10. The minimum atomic E-state index is -1.26. The molecule has 3 aromatic rings. The summed E-state index contributed by atoms with van der Waals surface area (Å²) in [6.07, 6.45) is 1.12. The fourth-order valence-corrected chi connectivity index (χ4v) is 4.60. The molecule has 0 aliphatic carbocycles. The highest BCUT2D eigenvalue weighted by atomic mass is 32.1. The van der Waals surface area contributed by atoms with E-state index in [4.69, 9.17) is 27.2 Å². The third-order valence-electron chi connectivity index (χ3n) is 4.53. The molecular formula is C25H28N2O5S2. The Kier molecular flexibility index (Phi) is 9.73. The van der Waals surface area contributed by atoms with Crippen molar-refractivity contribution in [2.75, 3.05) is 0 Å². The van der Waals surface area contributed by atoms with E-state index in [9.17, 15) is 9.59 Å². The summed E-state index contributed by atoms with van der Waals surface area (Å²) in [7, 11) is 2.03. The topological polar surface area (TPSA) is 101 Å². The van der Waals surface area contributed by atoms with Crippen LogP contribution >= 0.6 is 23.6 Å². The maximum atomic E-state index is 9.55. The molecule has 0 radical (unpaired) electrons. The molecule has 0 aliphatic heterocycles. The van der Waals surface area contributed by atoms with Gasteiger partial charge in [0.15, 0.2) is 9.68 Å². The highest BCUT2D eigenvalue weighted by molar-refractivity contribution is 7.73. The normalized spacial score (nSPS) is 12.0. The Balaban J connectivity index is 0.000000440. The molecular weight excluding hydrogens is 472 g/mol. The average Bonchev–Trinajstić information content (AvgIpc) is 3.08. The largest absolute Gasteiger partial charge is 0.478 e. The third-order valence-corrected chi connectivity index (χ3v) is 6.27. The van der Waals surface area contributed by atoms with Crippen LogP contribution < -0.4 is 10.1 Å². The van der Waals surface area contributed by atoms with Crippen molar-refractivity contribution in [1.82, 2.24) is 9.88 Å². The third kappa shape index (κ3) is 8.26. The predicted molar refractivity (Wildman–Crippen MR) is 137 cm³/mol. The van der Waals surface area contributed by atoms with Crippen LogP contribution in [0.3, 0.4) is 0 Å². The van der Waals surface area contributed by atoms with Gasteiger partial charge in [0.2, 0.25) is 0 Å². The Morgan fingerprint density at radius 3 is 2.03 bits per heavy atom. The Hall–Kier alpha value is -3.27. The lowest BCUT2D eigenvalue weighted by molar-refractivity contribution is -0.134. The number of nitrogens with zero attached hydrogens (tertiary/aromatic N) is 1. The highest BCUT2D eigenvalue weighted by Gasteiger charge is 2.26. The van der Waals surface area contributed by atoms with E-state index >= 15 is 0 Å². The summed E-state index contributed by atoms with van der Waals surface area (Å²) in [6, 6.07) is 20.4. The van der Waals surface area contributed by atoms with Crippen LogP contribution in [0, 0.1) is 3.95 Å². The number of aromatic nitrogens is 1. The number of hydrogen-bond donors (Lipinski definition) is 3. The molecule has 180 valence electrons. The van der Waals surface area contributed by atoms with E-state index in [0.29, 0.717) is 12.2 Å². The molecule has 3 rings (SSSR count). The fourth-order valence-electron chi connectivity index (χ4n) is 3.23. The zero-order chi connectivity index (χ0) is 25.3. The molecule has 0 bridgehead atoms. The van der Waals surface area contributed by atoms with Crippen molar-refractivity contribution < 1.29 is 24.5 Å². The summed E-state index contributed by atoms with van der Waals surface area (Å²) in [4.78, 5) is 20.3. The number of rotatable bonds is 8. The van der Waals surface area contributed by atoms with E-state index < -0.39 is 17.7 Å². The van der Waals surface area contributed by atoms with Crippen LogP contribution in [0.4, 0.5) is 0 Å². The molecule has 9 heteroatoms. The van der Waals surface area contributed by atoms with Gasteiger partial charge >= 0.3 is 11.9 Å². The number of benzene rings is 2. The zero-order valence-corrected chi connectivity index (χ0v) is 21.0. The van der Waals surface area contributed by atoms with E-state index in [1.165, 1.54) is 10.4 Å². The smallest absolute Gasteiger partial charge is 0.328 e. The van der Waals surface area contributed by atoms with Crippen LogP contribution in [0.1, 0.15) is 31.7 Å². The van der Waals surface area contributed by atoms with Gasteiger partial charge in [-0.1, -0.05) is 48.5 Å². The van der Waals surface area contributed by atoms with Gasteiger partial charge < -0.3 is 19.5 Å². The monoisotopic (exact) mass is 500 g/mol. The number of thiazole rings is 1. The second-order valence-corrected chi connectivity index (χ2v) is 9.48. The molecule has 0 fully saturated rings. The van der Waals surface area contributed by atoms with Crippen molar-refractivity contribution in [3.63, 3.8) is 0 Å². The number of aliphatic carboxylic acids is 2. The standard InChI is InChI=1S/C21H24N2OS2.C4H4O4/c1-15(22-21(2,3)24-17-13-9-6-10-14-17)19-18(23(4)20(25)26-19)16-11-7-5-8-12-16;5-3(6)1-2-4(7)8/h5-15,22H,1-4H3;1-2H,(H,5,6)(H,7,8)/b;2-1-. The van der Waals surface area contributed by atoms with Gasteiger partial charge in [0.05, 0.1) is 5.69 Å². The summed E-state index contributed by atoms with van der Waals surface area (Å²) in [5.41, 5.74) is 1.82. The summed E-state index contributed by atoms with van der Waals surface area (Å²) >= 11 is 7.20. The Bertz CT molecular complexity index is 1170. The molecule has 34 heavy (non-hydrogen) atoms. The Morgan fingerprint density at radius 2 is 1.53 bits per heavy atom. The van der Waals surface area contributed by atoms with E-state index in [0.717, 1.165) is 15.4 Å². The summed E-state index contributed by atoms with van der Waals surface area (Å²) in [5.74, 6) is -1.67. The molecule has 0 spiro atoms. The number of carbonyl (C=O) groups is 2. The molecule has 3 N–H and O–H groups in total. The lowest BCUT2D eigenvalue weighted by Gasteiger charge is -2.31. The molecule has 1 unspecified atom stereocenters. The van der Waals surface area contributed by atoms with Crippen LogP contribution in [0.5, 0.6) is 5.75 Å². The fraction of sp³-hybridized carbons (Fsp3) is 0.240. The molecule has 0 aliphatic rings. The second kappa shape index (κ2) is 12.3. The van der Waals surface area contributed by atoms with E-state index in [1.807, 2.05) is 57.3 Å². The summed E-state index contributed by atoms with van der Waals surface area (Å²) in [6.45, 7) is 6.24. The lowest BCUT2D eigenvalue weighted by Crippen LogP contribution is -2.45. The van der Waals surface area contributed by atoms with Gasteiger partial charge in [0.1, 0.15) is 5.75 Å². The quantitative estimate of drug-likeness (QED) is 0.208. The molecule has 0 saturated carbocycles. The second-order valence-electron chi connectivity index (χ2n) is 7.81. The van der Waals surface area contributed by atoms with Gasteiger partial charge in [0, 0.05) is 30.1 Å². The van der Waals surface area contributed by atoms with Crippen molar-refractivity contribution in [3.05, 3.63) is 81.6 Å². The van der Waals surface area contributed by atoms with Gasteiger partial charge in [-0.05, 0) is 50.7 Å². The van der Waals surface area contributed by atoms with E-state index in [2.05, 4.69) is 41.1 Å². The van der Waals surface area contributed by atoms with E-state index in [1.54, 1.807) is 11.3 Å². The molecule has 7 nitrogen and oxygen atoms in total. The first-order valence-electron chi connectivity index (χ1n) is 10.4. The van der Waals surface area contributed by atoms with Gasteiger partial charge in [-0.15, -0.1) is 11.3 Å². The number of carboxylic acid groups (broad SMARTS) is 2. The van der Waals surface area contributed by atoms with Crippen molar-refractivity contribution in [2.45, 2.75) is 32.5 Å². The molecule has 0 amide bonds. The van der Waals surface area contributed by atoms with Gasteiger partial charge in [-0.25, -0.2) is 9.59 Å². The minimum Gasteiger partial charge on any atom is -0.478 e. The Morgan fingerprint density at radius 1 is 1.03 bits per heavy atom. The van der Waals surface area contributed by atoms with Crippen LogP contribution in [0.25, 0.3) is 11.3 Å². The highest BCUT2D eigenvalue weighted by Crippen LogP contribution is 2.34. The first-order valence-corrected chi connectivity index (χ1v) is 11.6. The lowest BCUT2D eigenvalue weighted by atomic mass is 10.1. The Labute approximate surface area is 208 Å². The number of hydrogen-bond acceptors (Lipinski definition) is 6. The molecule has 1 atom stereocenters. The van der Waals surface area contributed by atoms with Crippen molar-refractivity contribution >= 4 is 35.5 Å². The van der Waals surface area contributed by atoms with Crippen LogP contribution in [0.2, 0.25) is 0 Å². The summed E-state index contributed by atoms with van der Waals surface area (Å²) in [5, 5.41) is 19.2. The molecule has 2 aromatic carbocycles. The SMILES string of the molecule is CC(NC(C)(C)Oc1ccccc1)c1sc(=S)n(C)c1-c1ccccc1.O=C(O)/C=C\C(=O)O. The van der Waals surface area contributed by atoms with E-state index in [-0.39, 0.29) is 6.04 Å². The molecule has 1 heterocycles. The zero-order valence-electron chi connectivity index (χ0n) is 19.4. The van der Waals surface area contributed by atoms with Crippen LogP contribution in [0.15, 0.2) is 72.8 Å². The van der Waals surface area contributed by atoms with Crippen molar-refractivity contribution in [3.8, 4) is 17.0 Å². The maximum absolute atomic E-state index is 9.55. The maximum Gasteiger partial charge on any atom is 0.328 e. The number of para-hydroxylation sites is 1. The van der Waals surface area contributed by atoms with Gasteiger partial charge in [0.25, 0.3) is 0 Å². The van der Waals surface area contributed by atoms with Crippen molar-refractivity contribution in [1.29, 1.82) is 0 Å². The first kappa shape index (κ1) is 27.0. The number of ether oxygens (including phenoxy) is 1. The van der Waals surface area contributed by atoms with Gasteiger partial charge in [-0.2, -0.15) is 0 Å². The van der Waals surface area contributed by atoms with Crippen LogP contribution in [-0.4, -0.2) is 32.4 Å². The average molecular weight is 501 g/mol. The predicted octanol–water partition coefficient (Wildman–Crippen LogP) is 5.66. The van der Waals surface area contributed by atoms with Gasteiger partial charge in [-0.3, -0.25) is 5.32 Å². The first-order chi connectivity index (χ1) is 16.0. The molecule has 1 aromatic heterocycles.